The van der Waals surface area contributed by atoms with Gasteiger partial charge in [-0.1, -0.05) is 24.0 Å². The quantitative estimate of drug-likeness (QED) is 0.530. The van der Waals surface area contributed by atoms with E-state index in [2.05, 4.69) is 17.2 Å². The van der Waals surface area contributed by atoms with Crippen LogP contribution < -0.4 is 11.1 Å². The average Bonchev–Trinajstić information content (AvgIpc) is 3.47. The van der Waals surface area contributed by atoms with Crippen molar-refractivity contribution < 1.29 is 19.4 Å². The van der Waals surface area contributed by atoms with Crippen LogP contribution >= 0.6 is 0 Å². The largest absolute Gasteiger partial charge is 0.467 e. The van der Waals surface area contributed by atoms with Crippen molar-refractivity contribution >= 4 is 22.6 Å². The number of hydrogen-bond donors (Lipinski definition) is 3. The molecule has 1 fully saturated rings. The van der Waals surface area contributed by atoms with Gasteiger partial charge in [-0.15, -0.1) is 0 Å². The maximum atomic E-state index is 12.7. The lowest BCUT2D eigenvalue weighted by molar-refractivity contribution is -0.144. The predicted octanol–water partition coefficient (Wildman–Crippen LogP) is 1.83. The fraction of sp³-hybridized carbons (Fsp3) is 0.391. The first-order valence-corrected chi connectivity index (χ1v) is 9.56. The van der Waals surface area contributed by atoms with Crippen LogP contribution in [0, 0.1) is 23.7 Å². The zero-order chi connectivity index (χ0) is 21.2. The number of nitrogens with two attached hydrogens (primary N) is 1. The van der Waals surface area contributed by atoms with E-state index in [-0.39, 0.29) is 12.5 Å². The second-order valence-corrected chi connectivity index (χ2v) is 8.08. The number of benzene rings is 2. The van der Waals surface area contributed by atoms with Crippen LogP contribution in [-0.4, -0.2) is 42.3 Å². The van der Waals surface area contributed by atoms with Crippen molar-refractivity contribution in [1.29, 1.82) is 0 Å². The van der Waals surface area contributed by atoms with Gasteiger partial charge in [-0.05, 0) is 61.2 Å². The monoisotopic (exact) mass is 394 g/mol. The van der Waals surface area contributed by atoms with Gasteiger partial charge in [-0.25, -0.2) is 4.79 Å². The van der Waals surface area contributed by atoms with Crippen molar-refractivity contribution in [3.8, 4) is 11.8 Å². The predicted molar refractivity (Wildman–Crippen MR) is 111 cm³/mol. The SMILES string of the molecule is COC(=O)[C@@H](NC(=O)c1ccc2cc(C#C[C@H]3C[C@@H]3CO)ccc2c1)C(C)(C)N. The Morgan fingerprint density at radius 2 is 1.97 bits per heavy atom. The standard InChI is InChI=1S/C23H26N2O4/c1-23(2,24)20(22(28)29-3)25-21(27)18-9-8-15-10-14(4-6-16(15)11-18)5-7-17-12-19(17)13-26/h4,6,8-11,17,19-20,26H,12-13,24H2,1-3H3,(H,25,27)/t17-,19+,20+/m0/s1. The normalized spacial score (nSPS) is 19.1. The highest BCUT2D eigenvalue weighted by Crippen LogP contribution is 2.37. The third-order valence-corrected chi connectivity index (χ3v) is 5.12. The van der Waals surface area contributed by atoms with Crippen molar-refractivity contribution in [3.05, 3.63) is 47.5 Å². The van der Waals surface area contributed by atoms with Gasteiger partial charge in [0.05, 0.1) is 7.11 Å². The topological polar surface area (TPSA) is 102 Å². The molecule has 0 unspecified atom stereocenters. The molecule has 1 aliphatic rings. The summed E-state index contributed by atoms with van der Waals surface area (Å²) in [5.41, 5.74) is 6.38. The van der Waals surface area contributed by atoms with Gasteiger partial charge in [0.25, 0.3) is 5.91 Å². The van der Waals surface area contributed by atoms with Crippen molar-refractivity contribution in [3.63, 3.8) is 0 Å². The highest BCUT2D eigenvalue weighted by molar-refractivity contribution is 6.00. The summed E-state index contributed by atoms with van der Waals surface area (Å²) in [5, 5.41) is 13.6. The Hall–Kier alpha value is -2.88. The van der Waals surface area contributed by atoms with Gasteiger partial charge in [0, 0.05) is 29.2 Å². The lowest BCUT2D eigenvalue weighted by Crippen LogP contribution is -2.59. The maximum absolute atomic E-state index is 12.7. The van der Waals surface area contributed by atoms with Crippen LogP contribution in [0.2, 0.25) is 0 Å². The molecule has 6 nitrogen and oxygen atoms in total. The molecule has 2 aromatic carbocycles. The van der Waals surface area contributed by atoms with Gasteiger partial charge < -0.3 is 20.9 Å². The molecule has 3 atom stereocenters. The number of methoxy groups -OCH3 is 1. The highest BCUT2D eigenvalue weighted by Gasteiger charge is 2.35. The van der Waals surface area contributed by atoms with E-state index in [4.69, 9.17) is 15.6 Å². The Balaban J connectivity index is 1.77. The second-order valence-electron chi connectivity index (χ2n) is 8.08. The third-order valence-electron chi connectivity index (χ3n) is 5.12. The second kappa shape index (κ2) is 8.24. The first-order chi connectivity index (χ1) is 13.7. The van der Waals surface area contributed by atoms with Crippen molar-refractivity contribution in [1.82, 2.24) is 5.32 Å². The van der Waals surface area contributed by atoms with Crippen LogP contribution in [0.1, 0.15) is 36.2 Å². The number of fused-ring (bicyclic) bond motifs is 1. The summed E-state index contributed by atoms with van der Waals surface area (Å²) in [4.78, 5) is 24.6. The molecular formula is C23H26N2O4. The minimum atomic E-state index is -0.968. The van der Waals surface area contributed by atoms with Crippen LogP contribution in [0.3, 0.4) is 0 Å². The van der Waals surface area contributed by atoms with E-state index in [0.717, 1.165) is 22.8 Å². The summed E-state index contributed by atoms with van der Waals surface area (Å²) < 4.78 is 4.76. The summed E-state index contributed by atoms with van der Waals surface area (Å²) in [6, 6.07) is 10.2. The Kier molecular flexibility index (Phi) is 5.92. The number of rotatable bonds is 5. The molecule has 0 bridgehead atoms. The van der Waals surface area contributed by atoms with Crippen molar-refractivity contribution in [2.75, 3.05) is 13.7 Å². The van der Waals surface area contributed by atoms with Crippen molar-refractivity contribution in [2.45, 2.75) is 31.8 Å². The van der Waals surface area contributed by atoms with E-state index in [1.54, 1.807) is 26.0 Å². The molecule has 2 aromatic rings. The molecule has 0 saturated heterocycles. The van der Waals surface area contributed by atoms with Gasteiger partial charge in [-0.2, -0.15) is 0 Å². The number of aliphatic hydroxyl groups excluding tert-OH is 1. The Bertz CT molecular complexity index is 997. The number of amides is 1. The minimum Gasteiger partial charge on any atom is -0.467 e. The van der Waals surface area contributed by atoms with Crippen molar-refractivity contribution in [2.24, 2.45) is 17.6 Å². The van der Waals surface area contributed by atoms with Crippen LogP contribution in [0.15, 0.2) is 36.4 Å². The van der Waals surface area contributed by atoms with E-state index >= 15 is 0 Å². The molecule has 0 heterocycles. The van der Waals surface area contributed by atoms with E-state index < -0.39 is 23.5 Å². The molecule has 29 heavy (non-hydrogen) atoms. The van der Waals surface area contributed by atoms with Crippen LogP contribution in [0.4, 0.5) is 0 Å². The number of carbonyl (C=O) groups excluding carboxylic acids is 2. The van der Waals surface area contributed by atoms with E-state index in [9.17, 15) is 9.59 Å². The first kappa shape index (κ1) is 20.8. The summed E-state index contributed by atoms with van der Waals surface area (Å²) >= 11 is 0. The number of ether oxygens (including phenoxy) is 1. The van der Waals surface area contributed by atoms with Crippen LogP contribution in [0.25, 0.3) is 10.8 Å². The molecule has 3 rings (SSSR count). The Morgan fingerprint density at radius 1 is 1.28 bits per heavy atom. The first-order valence-electron chi connectivity index (χ1n) is 9.56. The summed E-state index contributed by atoms with van der Waals surface area (Å²) in [6.45, 7) is 3.50. The molecule has 1 aliphatic carbocycles. The lowest BCUT2D eigenvalue weighted by atomic mass is 9.95. The van der Waals surface area contributed by atoms with E-state index in [1.165, 1.54) is 7.11 Å². The molecule has 0 aromatic heterocycles. The number of aliphatic hydroxyl groups is 1. The fourth-order valence-electron chi connectivity index (χ4n) is 3.15. The zero-order valence-electron chi connectivity index (χ0n) is 16.9. The number of esters is 1. The number of hydrogen-bond acceptors (Lipinski definition) is 5. The Morgan fingerprint density at radius 3 is 2.59 bits per heavy atom. The van der Waals surface area contributed by atoms with E-state index in [1.807, 2.05) is 24.3 Å². The fourth-order valence-corrected chi connectivity index (χ4v) is 3.15. The Labute approximate surface area is 170 Å². The molecule has 1 amide bonds. The molecule has 0 radical (unpaired) electrons. The summed E-state index contributed by atoms with van der Waals surface area (Å²) in [6.07, 6.45) is 0.960. The highest BCUT2D eigenvalue weighted by atomic mass is 16.5. The lowest BCUT2D eigenvalue weighted by Gasteiger charge is -2.28. The summed E-state index contributed by atoms with van der Waals surface area (Å²) in [5.74, 6) is 5.97. The average molecular weight is 394 g/mol. The van der Waals surface area contributed by atoms with Gasteiger partial charge in [0.2, 0.25) is 0 Å². The van der Waals surface area contributed by atoms with Crippen LogP contribution in [0.5, 0.6) is 0 Å². The van der Waals surface area contributed by atoms with Crippen LogP contribution in [-0.2, 0) is 9.53 Å². The molecule has 0 aliphatic heterocycles. The van der Waals surface area contributed by atoms with Gasteiger partial charge >= 0.3 is 5.97 Å². The van der Waals surface area contributed by atoms with Gasteiger partial charge in [0.15, 0.2) is 0 Å². The molecular weight excluding hydrogens is 368 g/mol. The molecule has 152 valence electrons. The third kappa shape index (κ3) is 4.94. The maximum Gasteiger partial charge on any atom is 0.330 e. The minimum absolute atomic E-state index is 0.195. The van der Waals surface area contributed by atoms with Gasteiger partial charge in [-0.3, -0.25) is 4.79 Å². The van der Waals surface area contributed by atoms with Gasteiger partial charge in [0.1, 0.15) is 6.04 Å². The summed E-state index contributed by atoms with van der Waals surface area (Å²) in [7, 11) is 1.26. The smallest absolute Gasteiger partial charge is 0.330 e. The number of carbonyl (C=O) groups is 2. The van der Waals surface area contributed by atoms with E-state index in [0.29, 0.717) is 11.5 Å². The zero-order valence-corrected chi connectivity index (χ0v) is 16.9. The number of nitrogens with one attached hydrogen (secondary N) is 1. The molecule has 1 saturated carbocycles. The molecule has 4 N–H and O–H groups in total. The molecule has 0 spiro atoms. The molecule has 6 heteroatoms.